The summed E-state index contributed by atoms with van der Waals surface area (Å²) in [5.74, 6) is -4.80. The minimum Gasteiger partial charge on any atom is -0.237 e. The number of hydrogen-bond acceptors (Lipinski definition) is 4. The monoisotopic (exact) mass is 602 g/mol. The normalized spacial score (nSPS) is 14.7. The summed E-state index contributed by atoms with van der Waals surface area (Å²) in [6, 6.07) is 11.8. The van der Waals surface area contributed by atoms with Crippen LogP contribution in [0.25, 0.3) is 52.9 Å². The molecular formula is C34H6F4N8. The third-order valence-electron chi connectivity index (χ3n) is 7.21. The summed E-state index contributed by atoms with van der Waals surface area (Å²) < 4.78 is 59.1. The molecule has 0 heterocycles. The minimum absolute atomic E-state index is 0.0349. The summed E-state index contributed by atoms with van der Waals surface area (Å²) in [5.41, 5.74) is -5.43. The molecule has 0 unspecified atom stereocenters. The fraction of sp³-hybridized carbons (Fsp3) is 0. The first-order valence-electron chi connectivity index (χ1n) is 12.4. The smallest absolute Gasteiger partial charge is 0.237 e. The van der Waals surface area contributed by atoms with Crippen LogP contribution >= 0.6 is 0 Å². The number of hydrogen-bond donors (Lipinski definition) is 0. The topological polar surface area (TPSA) is 113 Å². The molecule has 0 bridgehead atoms. The van der Waals surface area contributed by atoms with Gasteiger partial charge in [-0.15, -0.1) is 0 Å². The molecule has 0 aliphatic heterocycles. The van der Waals surface area contributed by atoms with Crippen LogP contribution in [-0.4, -0.2) is 0 Å². The molecule has 8 nitrogen and oxygen atoms in total. The molecule has 0 radical (unpaired) electrons. The third-order valence-corrected chi connectivity index (χ3v) is 7.21. The van der Waals surface area contributed by atoms with E-state index < -0.39 is 57.0 Å². The van der Waals surface area contributed by atoms with Crippen LogP contribution in [0.4, 0.5) is 23.2 Å². The highest BCUT2D eigenvalue weighted by Crippen LogP contribution is 2.55. The largest absolute Gasteiger partial charge is 0.270 e. The number of benzene rings is 3. The molecule has 0 saturated carbocycles. The van der Waals surface area contributed by atoms with Gasteiger partial charge in [-0.2, -0.15) is 10.5 Å². The van der Waals surface area contributed by atoms with E-state index in [1.165, 1.54) is 12.1 Å². The van der Waals surface area contributed by atoms with Gasteiger partial charge in [0.1, 0.15) is 35.4 Å². The summed E-state index contributed by atoms with van der Waals surface area (Å²) in [5, 5.41) is 39.4. The van der Waals surface area contributed by atoms with E-state index in [0.717, 1.165) is 12.1 Å². The zero-order chi connectivity index (χ0) is 33.4. The fourth-order valence-corrected chi connectivity index (χ4v) is 5.37. The maximum Gasteiger partial charge on any atom is 0.270 e. The van der Waals surface area contributed by atoms with Gasteiger partial charge in [-0.25, -0.2) is 47.5 Å². The molecule has 2 aliphatic carbocycles. The lowest BCUT2D eigenvalue weighted by atomic mass is 9.91. The molecular weight excluding hydrogens is 596 g/mol. The highest BCUT2D eigenvalue weighted by molar-refractivity contribution is 6.29. The van der Waals surface area contributed by atoms with E-state index in [-0.39, 0.29) is 55.8 Å². The third kappa shape index (κ3) is 4.15. The summed E-state index contributed by atoms with van der Waals surface area (Å²) >= 11 is 0. The van der Waals surface area contributed by atoms with Crippen LogP contribution in [0.5, 0.6) is 0 Å². The van der Waals surface area contributed by atoms with Crippen molar-refractivity contribution < 1.29 is 17.6 Å². The SMILES string of the molecule is [C-]#[N+]C1=C(c2cc([N+]#[C-])c(F)cc2F)/C(=C(/C#N)[N+]#[C-])c2cc3c(cc21)/C(=C(/C#N)[N+]#[C-])C(c1cc(C#N)c(F)cc1F)=C3C#N. The van der Waals surface area contributed by atoms with Crippen molar-refractivity contribution in [3.63, 3.8) is 0 Å². The first-order chi connectivity index (χ1) is 22.1. The van der Waals surface area contributed by atoms with Crippen molar-refractivity contribution in [2.75, 3.05) is 0 Å². The van der Waals surface area contributed by atoms with Gasteiger partial charge in [0.2, 0.25) is 11.4 Å². The van der Waals surface area contributed by atoms with Crippen molar-refractivity contribution in [2.45, 2.75) is 0 Å². The van der Waals surface area contributed by atoms with Crippen molar-refractivity contribution in [2.24, 2.45) is 0 Å². The first-order valence-corrected chi connectivity index (χ1v) is 12.4. The van der Waals surface area contributed by atoms with E-state index >= 15 is 8.78 Å². The molecule has 0 amide bonds. The van der Waals surface area contributed by atoms with Crippen molar-refractivity contribution in [3.8, 4) is 24.3 Å². The maximum absolute atomic E-state index is 15.3. The van der Waals surface area contributed by atoms with Crippen LogP contribution in [0.3, 0.4) is 0 Å². The molecule has 0 spiro atoms. The van der Waals surface area contributed by atoms with E-state index in [9.17, 15) is 29.8 Å². The van der Waals surface area contributed by atoms with Crippen LogP contribution in [0.15, 0.2) is 47.8 Å². The van der Waals surface area contributed by atoms with E-state index in [0.29, 0.717) is 12.1 Å². The van der Waals surface area contributed by atoms with Crippen LogP contribution in [0.2, 0.25) is 0 Å². The molecule has 0 atom stereocenters. The number of nitriles is 4. The van der Waals surface area contributed by atoms with Crippen molar-refractivity contribution in [1.29, 1.82) is 21.0 Å². The molecule has 0 saturated heterocycles. The zero-order valence-corrected chi connectivity index (χ0v) is 22.6. The average Bonchev–Trinajstić information content (AvgIpc) is 3.53. The van der Waals surface area contributed by atoms with Crippen molar-refractivity contribution >= 4 is 39.2 Å². The number of nitrogens with zero attached hydrogens (tertiary/aromatic N) is 8. The standard InChI is InChI=1S/C34H6F4N8/c1-43-27-8-21(25(37)10-26(27)38)33-32(29(14-42)45-3)18-6-16-17(7-19(18)34(33)46-4)31(28(13-41)44-2)30(22(16)12-40)20-5-15(11-39)23(35)9-24(20)36/h5-10H/b31-28+,32-29-. The Labute approximate surface area is 257 Å². The van der Waals surface area contributed by atoms with Crippen LogP contribution in [0.1, 0.15) is 38.9 Å². The van der Waals surface area contributed by atoms with Crippen LogP contribution in [0, 0.1) is 94.9 Å². The highest BCUT2D eigenvalue weighted by Gasteiger charge is 2.38. The van der Waals surface area contributed by atoms with Gasteiger partial charge in [-0.3, -0.25) is 0 Å². The average molecular weight is 602 g/mol. The zero-order valence-electron chi connectivity index (χ0n) is 22.6. The van der Waals surface area contributed by atoms with E-state index in [2.05, 4.69) is 19.4 Å². The van der Waals surface area contributed by atoms with Crippen LogP contribution < -0.4 is 0 Å². The number of halogens is 4. The second-order valence-corrected chi connectivity index (χ2v) is 9.35. The lowest BCUT2D eigenvalue weighted by molar-refractivity contribution is 0.579. The Bertz CT molecular complexity index is 2290. The molecule has 3 aromatic carbocycles. The predicted octanol–water partition coefficient (Wildman–Crippen LogP) is 8.22. The lowest BCUT2D eigenvalue weighted by Crippen LogP contribution is -1.97. The second kappa shape index (κ2) is 11.2. The molecule has 210 valence electrons. The van der Waals surface area contributed by atoms with Gasteiger partial charge in [0.15, 0.2) is 0 Å². The Morgan fingerprint density at radius 1 is 0.543 bits per heavy atom. The summed E-state index contributed by atoms with van der Waals surface area (Å²) in [7, 11) is 0. The van der Waals surface area contributed by atoms with Gasteiger partial charge >= 0.3 is 0 Å². The summed E-state index contributed by atoms with van der Waals surface area (Å²) in [6.07, 6.45) is 0. The summed E-state index contributed by atoms with van der Waals surface area (Å²) in [4.78, 5) is 12.9. The minimum atomic E-state index is -1.22. The molecule has 5 rings (SSSR count). The Morgan fingerprint density at radius 2 is 1.09 bits per heavy atom. The molecule has 2 aliphatic rings. The van der Waals surface area contributed by atoms with E-state index in [1.54, 1.807) is 18.2 Å². The van der Waals surface area contributed by atoms with Gasteiger partial charge in [0.05, 0.1) is 49.6 Å². The highest BCUT2D eigenvalue weighted by atomic mass is 19.1. The molecule has 0 fully saturated rings. The maximum atomic E-state index is 15.3. The first kappa shape index (κ1) is 29.7. The summed E-state index contributed by atoms with van der Waals surface area (Å²) in [6.45, 7) is 30.4. The fourth-order valence-electron chi connectivity index (χ4n) is 5.37. The quantitative estimate of drug-likeness (QED) is 0.167. The lowest BCUT2D eigenvalue weighted by Gasteiger charge is -2.13. The Kier molecular flexibility index (Phi) is 7.21. The van der Waals surface area contributed by atoms with Gasteiger partial charge in [0.25, 0.3) is 11.4 Å². The van der Waals surface area contributed by atoms with E-state index in [4.69, 9.17) is 26.3 Å². The van der Waals surface area contributed by atoms with Crippen molar-refractivity contribution in [3.05, 3.63) is 156 Å². The van der Waals surface area contributed by atoms with Crippen molar-refractivity contribution in [1.82, 2.24) is 0 Å². The molecule has 46 heavy (non-hydrogen) atoms. The predicted molar refractivity (Wildman–Crippen MR) is 154 cm³/mol. The molecule has 0 aromatic heterocycles. The van der Waals surface area contributed by atoms with Gasteiger partial charge < -0.3 is 0 Å². The Morgan fingerprint density at radius 3 is 1.61 bits per heavy atom. The van der Waals surface area contributed by atoms with Gasteiger partial charge in [-0.05, 0) is 63.2 Å². The Hall–Kier alpha value is -7.74. The number of fused-ring (bicyclic) bond motifs is 2. The molecule has 0 N–H and O–H groups in total. The van der Waals surface area contributed by atoms with Gasteiger partial charge in [-0.1, -0.05) is 6.07 Å². The number of allylic oxidation sites excluding steroid dienone is 7. The molecule has 12 heteroatoms. The van der Waals surface area contributed by atoms with Gasteiger partial charge in [0, 0.05) is 22.8 Å². The van der Waals surface area contributed by atoms with E-state index in [1.807, 2.05) is 6.07 Å². The van der Waals surface area contributed by atoms with Crippen LogP contribution in [-0.2, 0) is 0 Å². The molecule has 3 aromatic rings. The second-order valence-electron chi connectivity index (χ2n) is 9.35. The Balaban J connectivity index is 1.97. The number of rotatable bonds is 2.